The van der Waals surface area contributed by atoms with Crippen LogP contribution in [0.2, 0.25) is 0 Å². The zero-order chi connectivity index (χ0) is 13.6. The van der Waals surface area contributed by atoms with Crippen LogP contribution in [0.15, 0.2) is 18.2 Å². The van der Waals surface area contributed by atoms with Gasteiger partial charge in [-0.15, -0.1) is 0 Å². The summed E-state index contributed by atoms with van der Waals surface area (Å²) >= 11 is 0. The number of primary amides is 1. The van der Waals surface area contributed by atoms with Gasteiger partial charge in [0.1, 0.15) is 0 Å². The van der Waals surface area contributed by atoms with Gasteiger partial charge in [-0.25, -0.2) is 4.79 Å². The van der Waals surface area contributed by atoms with E-state index in [0.717, 1.165) is 12.8 Å². The third-order valence-electron chi connectivity index (χ3n) is 4.59. The maximum absolute atomic E-state index is 11.2. The fraction of sp³-hybridized carbons (Fsp3) is 0.533. The Labute approximate surface area is 114 Å². The van der Waals surface area contributed by atoms with Gasteiger partial charge in [0.15, 0.2) is 0 Å². The van der Waals surface area contributed by atoms with E-state index in [9.17, 15) is 4.79 Å². The highest BCUT2D eigenvalue weighted by molar-refractivity contribution is 5.73. The van der Waals surface area contributed by atoms with Crippen LogP contribution in [-0.2, 0) is 0 Å². The molecule has 0 spiro atoms. The number of likely N-dealkylation sites (N-methyl/N-ethyl adjacent to an activating group) is 1. The minimum atomic E-state index is -0.411. The average molecular weight is 259 g/mol. The van der Waals surface area contributed by atoms with Crippen LogP contribution in [0.5, 0.6) is 0 Å². The Bertz CT molecular complexity index is 514. The second-order valence-corrected chi connectivity index (χ2v) is 5.82. The largest absolute Gasteiger partial charge is 0.369 e. The molecule has 1 aromatic carbocycles. The molecule has 3 unspecified atom stereocenters. The number of carbonyl (C=O) groups is 1. The van der Waals surface area contributed by atoms with Crippen LogP contribution >= 0.6 is 0 Å². The Morgan fingerprint density at radius 3 is 2.95 bits per heavy atom. The normalized spacial score (nSPS) is 28.7. The number of urea groups is 1. The van der Waals surface area contributed by atoms with E-state index in [1.54, 1.807) is 0 Å². The molecule has 3 rings (SSSR count). The highest BCUT2D eigenvalue weighted by Gasteiger charge is 2.43. The third-order valence-corrected chi connectivity index (χ3v) is 4.59. The molecule has 3 atom stereocenters. The summed E-state index contributed by atoms with van der Waals surface area (Å²) in [6.45, 7) is 2.13. The molecule has 0 aromatic heterocycles. The van der Waals surface area contributed by atoms with Crippen molar-refractivity contribution in [1.82, 2.24) is 5.32 Å². The maximum atomic E-state index is 11.2. The number of anilines is 1. The Morgan fingerprint density at radius 2 is 2.21 bits per heavy atom. The first-order valence-corrected chi connectivity index (χ1v) is 6.97. The molecule has 102 valence electrons. The number of amides is 2. The van der Waals surface area contributed by atoms with Crippen LogP contribution in [-0.4, -0.2) is 25.2 Å². The Kier molecular flexibility index (Phi) is 2.88. The summed E-state index contributed by atoms with van der Waals surface area (Å²) in [5.74, 6) is 0.519. The zero-order valence-electron chi connectivity index (χ0n) is 11.5. The molecule has 3 N–H and O–H groups in total. The fourth-order valence-electron chi connectivity index (χ4n) is 3.85. The number of nitrogens with two attached hydrogens (primary N) is 1. The van der Waals surface area contributed by atoms with Gasteiger partial charge in [0.2, 0.25) is 0 Å². The highest BCUT2D eigenvalue weighted by atomic mass is 16.2. The van der Waals surface area contributed by atoms with Gasteiger partial charge >= 0.3 is 6.03 Å². The van der Waals surface area contributed by atoms with E-state index >= 15 is 0 Å². The Morgan fingerprint density at radius 1 is 1.42 bits per heavy atom. The van der Waals surface area contributed by atoms with Crippen LogP contribution < -0.4 is 16.0 Å². The number of benzene rings is 1. The van der Waals surface area contributed by atoms with Crippen LogP contribution in [0, 0.1) is 6.92 Å². The number of aryl methyl sites for hydroxylation is 1. The second-order valence-electron chi connectivity index (χ2n) is 5.82. The summed E-state index contributed by atoms with van der Waals surface area (Å²) < 4.78 is 0. The molecule has 0 saturated heterocycles. The predicted molar refractivity (Wildman–Crippen MR) is 76.5 cm³/mol. The van der Waals surface area contributed by atoms with E-state index in [1.165, 1.54) is 23.2 Å². The number of rotatable bonds is 1. The first kappa shape index (κ1) is 12.3. The first-order valence-electron chi connectivity index (χ1n) is 6.97. The average Bonchev–Trinajstić information content (AvgIpc) is 2.63. The standard InChI is InChI=1S/C15H21N3O/c1-9-6-7-13-11(8-9)10-4-3-5-12(17-15(16)19)14(10)18(13)2/h6-8,10,12,14H,3-5H2,1-2H3,(H3,16,17,19). The van der Waals surface area contributed by atoms with E-state index in [4.69, 9.17) is 5.73 Å². The molecule has 19 heavy (non-hydrogen) atoms. The van der Waals surface area contributed by atoms with Crippen LogP contribution in [0.4, 0.5) is 10.5 Å². The van der Waals surface area contributed by atoms with Crippen molar-refractivity contribution in [1.29, 1.82) is 0 Å². The summed E-state index contributed by atoms with van der Waals surface area (Å²) in [6, 6.07) is 6.74. The van der Waals surface area contributed by atoms with Gasteiger partial charge in [0.05, 0.1) is 12.1 Å². The van der Waals surface area contributed by atoms with Crippen molar-refractivity contribution < 1.29 is 4.79 Å². The second kappa shape index (κ2) is 4.44. The maximum Gasteiger partial charge on any atom is 0.312 e. The molecule has 1 fully saturated rings. The summed E-state index contributed by atoms with van der Waals surface area (Å²) in [6.07, 6.45) is 3.36. The molecule has 4 heteroatoms. The summed E-state index contributed by atoms with van der Waals surface area (Å²) in [4.78, 5) is 13.5. The van der Waals surface area contributed by atoms with Crippen molar-refractivity contribution in [3.05, 3.63) is 29.3 Å². The molecular formula is C15H21N3O. The minimum absolute atomic E-state index is 0.161. The molecule has 1 aliphatic heterocycles. The van der Waals surface area contributed by atoms with E-state index in [2.05, 4.69) is 42.4 Å². The van der Waals surface area contributed by atoms with E-state index in [0.29, 0.717) is 12.0 Å². The van der Waals surface area contributed by atoms with Crippen molar-refractivity contribution in [2.75, 3.05) is 11.9 Å². The van der Waals surface area contributed by atoms with Gasteiger partial charge in [0.25, 0.3) is 0 Å². The van der Waals surface area contributed by atoms with Crippen molar-refractivity contribution in [3.8, 4) is 0 Å². The van der Waals surface area contributed by atoms with Gasteiger partial charge in [0, 0.05) is 18.7 Å². The molecule has 1 aromatic rings. The van der Waals surface area contributed by atoms with Crippen LogP contribution in [0.25, 0.3) is 0 Å². The van der Waals surface area contributed by atoms with E-state index < -0.39 is 6.03 Å². The van der Waals surface area contributed by atoms with Crippen molar-refractivity contribution in [3.63, 3.8) is 0 Å². The minimum Gasteiger partial charge on any atom is -0.369 e. The molecule has 0 bridgehead atoms. The van der Waals surface area contributed by atoms with Crippen molar-refractivity contribution >= 4 is 11.7 Å². The van der Waals surface area contributed by atoms with Crippen molar-refractivity contribution in [2.45, 2.75) is 44.2 Å². The molecule has 1 saturated carbocycles. The van der Waals surface area contributed by atoms with Gasteiger partial charge in [-0.1, -0.05) is 24.1 Å². The van der Waals surface area contributed by atoms with Gasteiger partial charge in [-0.2, -0.15) is 0 Å². The quantitative estimate of drug-likeness (QED) is 0.811. The lowest BCUT2D eigenvalue weighted by molar-refractivity contribution is 0.234. The zero-order valence-corrected chi connectivity index (χ0v) is 11.5. The lowest BCUT2D eigenvalue weighted by Crippen LogP contribution is -2.54. The lowest BCUT2D eigenvalue weighted by Gasteiger charge is -2.38. The molecular weight excluding hydrogens is 238 g/mol. The van der Waals surface area contributed by atoms with Crippen LogP contribution in [0.1, 0.15) is 36.3 Å². The third kappa shape index (κ3) is 1.95. The van der Waals surface area contributed by atoms with Gasteiger partial charge < -0.3 is 16.0 Å². The van der Waals surface area contributed by atoms with E-state index in [-0.39, 0.29) is 6.04 Å². The topological polar surface area (TPSA) is 58.4 Å². The summed E-state index contributed by atoms with van der Waals surface area (Å²) in [5, 5.41) is 2.93. The number of hydrogen-bond donors (Lipinski definition) is 2. The number of nitrogens with one attached hydrogen (secondary N) is 1. The lowest BCUT2D eigenvalue weighted by atomic mass is 9.79. The van der Waals surface area contributed by atoms with Crippen LogP contribution in [0.3, 0.4) is 0 Å². The van der Waals surface area contributed by atoms with E-state index in [1.807, 2.05) is 0 Å². The summed E-state index contributed by atoms with van der Waals surface area (Å²) in [5.41, 5.74) is 9.35. The summed E-state index contributed by atoms with van der Waals surface area (Å²) in [7, 11) is 2.12. The first-order chi connectivity index (χ1) is 9.08. The molecule has 1 heterocycles. The highest BCUT2D eigenvalue weighted by Crippen LogP contribution is 2.47. The number of fused-ring (bicyclic) bond motifs is 3. The Hall–Kier alpha value is -1.71. The molecule has 4 nitrogen and oxygen atoms in total. The molecule has 1 aliphatic carbocycles. The van der Waals surface area contributed by atoms with Gasteiger partial charge in [-0.3, -0.25) is 0 Å². The predicted octanol–water partition coefficient (Wildman–Crippen LogP) is 2.12. The SMILES string of the molecule is Cc1ccc2c(c1)C1CCCC(NC(N)=O)C1N2C. The van der Waals surface area contributed by atoms with Gasteiger partial charge in [-0.05, 0) is 31.4 Å². The molecule has 2 aliphatic rings. The fourth-order valence-corrected chi connectivity index (χ4v) is 3.85. The molecule has 2 amide bonds. The monoisotopic (exact) mass is 259 g/mol. The number of carbonyl (C=O) groups excluding carboxylic acids is 1. The molecule has 0 radical (unpaired) electrons. The number of hydrogen-bond acceptors (Lipinski definition) is 2. The smallest absolute Gasteiger partial charge is 0.312 e. The number of nitrogens with zero attached hydrogens (tertiary/aromatic N) is 1. The Balaban J connectivity index is 1.96. The van der Waals surface area contributed by atoms with Crippen molar-refractivity contribution in [2.24, 2.45) is 5.73 Å².